The Morgan fingerprint density at radius 3 is 2.39 bits per heavy atom. The Morgan fingerprint density at radius 2 is 1.64 bits per heavy atom. The first-order valence-corrected chi connectivity index (χ1v) is 20.7. The maximum absolute atomic E-state index is 14.2. The zero-order valence-electron chi connectivity index (χ0n) is 33.9. The summed E-state index contributed by atoms with van der Waals surface area (Å²) in [5.41, 5.74) is 7.98. The van der Waals surface area contributed by atoms with Crippen LogP contribution in [0.2, 0.25) is 10.0 Å². The molecule has 0 saturated carbocycles. The van der Waals surface area contributed by atoms with Crippen LogP contribution in [0.5, 0.6) is 28.7 Å². The highest BCUT2D eigenvalue weighted by Gasteiger charge is 2.36. The maximum Gasteiger partial charge on any atom is 0.326 e. The minimum Gasteiger partial charge on any atom is -0.489 e. The molecule has 312 valence electrons. The minimum atomic E-state index is -1.16. The van der Waals surface area contributed by atoms with Crippen LogP contribution in [0.3, 0.4) is 0 Å². The van der Waals surface area contributed by atoms with Crippen molar-refractivity contribution >= 4 is 35.1 Å². The molecule has 0 spiro atoms. The number of amides is 1. The number of hydrogen-bond donors (Lipinski definition) is 2. The fourth-order valence-electron chi connectivity index (χ4n) is 7.52. The van der Waals surface area contributed by atoms with Crippen LogP contribution in [-0.4, -0.2) is 50.5 Å². The summed E-state index contributed by atoms with van der Waals surface area (Å²) in [6.45, 7) is 7.22. The van der Waals surface area contributed by atoms with E-state index in [-0.39, 0.29) is 18.4 Å². The molecule has 3 unspecified atom stereocenters. The van der Waals surface area contributed by atoms with Crippen molar-refractivity contribution in [2.45, 2.75) is 71.5 Å². The molecule has 11 nitrogen and oxygen atoms in total. The number of nitrogens with zero attached hydrogens (tertiary/aromatic N) is 3. The van der Waals surface area contributed by atoms with Crippen LogP contribution >= 0.6 is 23.2 Å². The Kier molecular flexibility index (Phi) is 12.4. The number of pyridine rings is 2. The van der Waals surface area contributed by atoms with Gasteiger partial charge in [0.25, 0.3) is 0 Å². The number of aromatic nitrogens is 2. The first-order valence-electron chi connectivity index (χ1n) is 20.0. The van der Waals surface area contributed by atoms with Crippen molar-refractivity contribution in [3.8, 4) is 28.7 Å². The number of halogens is 2. The monoisotopic (exact) mass is 858 g/mol. The van der Waals surface area contributed by atoms with Crippen LogP contribution in [0.4, 0.5) is 0 Å². The van der Waals surface area contributed by atoms with Gasteiger partial charge in [0, 0.05) is 42.7 Å². The molecule has 0 fully saturated rings. The third-order valence-corrected chi connectivity index (χ3v) is 11.8. The number of nitrogens with one attached hydrogen (secondary N) is 1. The van der Waals surface area contributed by atoms with Gasteiger partial charge in [-0.05, 0) is 122 Å². The van der Waals surface area contributed by atoms with Gasteiger partial charge in [0.2, 0.25) is 5.91 Å². The summed E-state index contributed by atoms with van der Waals surface area (Å²) in [6.07, 6.45) is 1.77. The predicted molar refractivity (Wildman–Crippen MR) is 232 cm³/mol. The Bertz CT molecular complexity index is 2570. The number of aliphatic carboxylic acids is 1. The van der Waals surface area contributed by atoms with E-state index in [1.807, 2.05) is 98.5 Å². The molecule has 0 radical (unpaired) electrons. The molecule has 6 aromatic rings. The van der Waals surface area contributed by atoms with Crippen molar-refractivity contribution in [1.29, 1.82) is 0 Å². The van der Waals surface area contributed by atoms with Crippen LogP contribution in [0, 0.1) is 20.8 Å². The summed E-state index contributed by atoms with van der Waals surface area (Å²) in [5, 5.41) is 14.1. The van der Waals surface area contributed by atoms with E-state index in [9.17, 15) is 14.7 Å². The lowest BCUT2D eigenvalue weighted by atomic mass is 9.92. The van der Waals surface area contributed by atoms with Crippen molar-refractivity contribution in [3.05, 3.63) is 170 Å². The zero-order valence-corrected chi connectivity index (χ0v) is 35.4. The van der Waals surface area contributed by atoms with Crippen LogP contribution in [0.15, 0.2) is 109 Å². The van der Waals surface area contributed by atoms with Crippen LogP contribution in [0.1, 0.15) is 56.6 Å². The molecule has 2 aromatic heterocycles. The lowest BCUT2D eigenvalue weighted by molar-refractivity contribution is -0.142. The number of rotatable bonds is 13. The van der Waals surface area contributed by atoms with Gasteiger partial charge in [0.15, 0.2) is 17.6 Å². The number of benzene rings is 4. The fourth-order valence-corrected chi connectivity index (χ4v) is 7.84. The number of hydrogen-bond acceptors (Lipinski definition) is 9. The number of carboxylic acid groups (broad SMARTS) is 1. The van der Waals surface area contributed by atoms with E-state index >= 15 is 0 Å². The van der Waals surface area contributed by atoms with Crippen molar-refractivity contribution in [2.75, 3.05) is 6.61 Å². The quantitative estimate of drug-likeness (QED) is 0.116. The number of fused-ring (bicyclic) bond motifs is 2. The zero-order chi connectivity index (χ0) is 42.6. The van der Waals surface area contributed by atoms with E-state index in [0.29, 0.717) is 71.5 Å². The van der Waals surface area contributed by atoms with Crippen LogP contribution in [0.25, 0.3) is 0 Å². The summed E-state index contributed by atoms with van der Waals surface area (Å²) >= 11 is 12.2. The average Bonchev–Trinajstić information content (AvgIpc) is 3.25. The second-order valence-electron chi connectivity index (χ2n) is 15.4. The molecular formula is C48H44Cl2N4O7. The van der Waals surface area contributed by atoms with E-state index in [4.69, 9.17) is 47.1 Å². The second kappa shape index (κ2) is 18.2. The largest absolute Gasteiger partial charge is 0.489 e. The minimum absolute atomic E-state index is 0.0891. The van der Waals surface area contributed by atoms with Gasteiger partial charge in [0.1, 0.15) is 36.5 Å². The van der Waals surface area contributed by atoms with Gasteiger partial charge in [0.05, 0.1) is 21.8 Å². The molecule has 8 rings (SSSR count). The molecule has 4 aromatic carbocycles. The maximum atomic E-state index is 14.2. The molecule has 0 saturated heterocycles. The SMILES string of the molecule is Cc1cccc(CN2Cc3cc4c(cc3CC2C(=O)NC(Cc2ccc(Oc3ccnc(C)c3C)cc2)C(=O)O)OCC(c2ccc(OCc3ccc(Cl)c(Cl)c3)cc2)O4)n1. The molecule has 1 amide bonds. The number of carbonyl (C=O) groups is 2. The van der Waals surface area contributed by atoms with Crippen molar-refractivity contribution in [3.63, 3.8) is 0 Å². The highest BCUT2D eigenvalue weighted by molar-refractivity contribution is 6.42. The predicted octanol–water partition coefficient (Wildman–Crippen LogP) is 9.33. The van der Waals surface area contributed by atoms with Gasteiger partial charge in [-0.2, -0.15) is 0 Å². The van der Waals surface area contributed by atoms with Crippen LogP contribution < -0.4 is 24.3 Å². The number of ether oxygens (including phenoxy) is 4. The van der Waals surface area contributed by atoms with E-state index in [1.54, 1.807) is 36.5 Å². The topological polar surface area (TPSA) is 132 Å². The van der Waals surface area contributed by atoms with Crippen molar-refractivity contribution < 1.29 is 33.6 Å². The third-order valence-electron chi connectivity index (χ3n) is 11.0. The van der Waals surface area contributed by atoms with E-state index in [1.165, 1.54) is 0 Å². The standard InChI is InChI=1S/C48H44Cl2N4O7/c1-28-5-4-6-36(52-28)25-54-24-35-23-45-44(59-27-46(61-45)33-10-14-37(15-11-33)58-26-32-9-16-39(49)40(50)19-32)22-34(35)21-42(54)47(55)53-41(48(56)57)20-31-7-12-38(13-8-31)60-43-17-18-51-30(3)29(43)2/h4-19,22-23,41-42,46H,20-21,24-27H2,1-3H3,(H,53,55)(H,56,57). The summed E-state index contributed by atoms with van der Waals surface area (Å²) in [6, 6.07) is 30.0. The molecule has 3 atom stereocenters. The van der Waals surface area contributed by atoms with Crippen molar-refractivity contribution in [1.82, 2.24) is 20.2 Å². The lowest BCUT2D eigenvalue weighted by Gasteiger charge is -2.37. The Hall–Kier alpha value is -6.14. The molecule has 13 heteroatoms. The molecule has 2 N–H and O–H groups in total. The first kappa shape index (κ1) is 41.6. The molecule has 0 bridgehead atoms. The molecule has 0 aliphatic carbocycles. The molecule has 4 heterocycles. The molecule has 2 aliphatic heterocycles. The fraction of sp³-hybridized carbons (Fsp3) is 0.250. The molecular weight excluding hydrogens is 815 g/mol. The van der Waals surface area contributed by atoms with E-state index in [2.05, 4.69) is 10.3 Å². The Morgan fingerprint density at radius 1 is 0.885 bits per heavy atom. The van der Waals surface area contributed by atoms with Gasteiger partial charge < -0.3 is 29.4 Å². The highest BCUT2D eigenvalue weighted by Crippen LogP contribution is 2.41. The first-order chi connectivity index (χ1) is 29.4. The third kappa shape index (κ3) is 9.92. The van der Waals surface area contributed by atoms with Crippen LogP contribution in [-0.2, 0) is 42.1 Å². The van der Waals surface area contributed by atoms with Gasteiger partial charge in [-0.3, -0.25) is 19.7 Å². The second-order valence-corrected chi connectivity index (χ2v) is 16.2. The Labute approximate surface area is 364 Å². The highest BCUT2D eigenvalue weighted by atomic mass is 35.5. The van der Waals surface area contributed by atoms with E-state index in [0.717, 1.165) is 50.5 Å². The normalized spacial score (nSPS) is 16.3. The summed E-state index contributed by atoms with van der Waals surface area (Å²) in [4.78, 5) is 37.9. The summed E-state index contributed by atoms with van der Waals surface area (Å²) in [5.74, 6) is 1.70. The van der Waals surface area contributed by atoms with Crippen molar-refractivity contribution in [2.24, 2.45) is 0 Å². The number of carboxylic acids is 1. The average molecular weight is 860 g/mol. The van der Waals surface area contributed by atoms with Gasteiger partial charge >= 0.3 is 5.97 Å². The van der Waals surface area contributed by atoms with Gasteiger partial charge in [-0.25, -0.2) is 4.79 Å². The van der Waals surface area contributed by atoms with Gasteiger partial charge in [-0.1, -0.05) is 59.6 Å². The smallest absolute Gasteiger partial charge is 0.326 e. The molecule has 2 aliphatic rings. The van der Waals surface area contributed by atoms with Gasteiger partial charge in [-0.15, -0.1) is 0 Å². The summed E-state index contributed by atoms with van der Waals surface area (Å²) in [7, 11) is 0. The Balaban J connectivity index is 0.958. The lowest BCUT2D eigenvalue weighted by Crippen LogP contribution is -2.54. The van der Waals surface area contributed by atoms with E-state index < -0.39 is 18.1 Å². The number of carbonyl (C=O) groups excluding carboxylic acids is 1. The molecule has 61 heavy (non-hydrogen) atoms. The number of aryl methyl sites for hydroxylation is 2. The summed E-state index contributed by atoms with van der Waals surface area (Å²) < 4.78 is 24.8.